The Morgan fingerprint density at radius 1 is 0.882 bits per heavy atom. The molecule has 1 atom stereocenters. The van der Waals surface area contributed by atoms with E-state index in [1.807, 2.05) is 54.6 Å². The molecule has 34 heavy (non-hydrogen) atoms. The van der Waals surface area contributed by atoms with Crippen molar-refractivity contribution in [2.75, 3.05) is 11.9 Å². The predicted octanol–water partition coefficient (Wildman–Crippen LogP) is 6.52. The Bertz CT molecular complexity index is 925. The molecule has 186 valence electrons. The van der Waals surface area contributed by atoms with Gasteiger partial charge in [-0.15, -0.1) is 0 Å². The van der Waals surface area contributed by atoms with Gasteiger partial charge in [0.15, 0.2) is 0 Å². The number of ether oxygens (including phenoxy) is 1. The summed E-state index contributed by atoms with van der Waals surface area (Å²) in [5.41, 5.74) is 2.94. The van der Waals surface area contributed by atoms with Crippen LogP contribution in [-0.4, -0.2) is 33.4 Å². The minimum atomic E-state index is -2.11. The maximum atomic E-state index is 13.0. The van der Waals surface area contributed by atoms with Crippen LogP contribution in [0.3, 0.4) is 0 Å². The van der Waals surface area contributed by atoms with Crippen LogP contribution in [-0.2, 0) is 16.1 Å². The summed E-state index contributed by atoms with van der Waals surface area (Å²) in [6, 6.07) is 16.3. The topological polar surface area (TPSA) is 67.9 Å². The van der Waals surface area contributed by atoms with Crippen LogP contribution >= 0.6 is 0 Å². The lowest BCUT2D eigenvalue weighted by molar-refractivity contribution is -0.119. The van der Waals surface area contributed by atoms with Crippen molar-refractivity contribution in [2.45, 2.75) is 77.7 Å². The number of nitrogens with zero attached hydrogens (tertiary/aromatic N) is 1. The van der Waals surface area contributed by atoms with Crippen molar-refractivity contribution in [2.24, 2.45) is 0 Å². The molecule has 0 aliphatic carbocycles. The third-order valence-electron chi connectivity index (χ3n) is 6.45. The fourth-order valence-electron chi connectivity index (χ4n) is 4.73. The number of hydrogen-bond donors (Lipinski definition) is 1. The smallest absolute Gasteiger partial charge is 0.408 e. The Hall–Kier alpha value is -2.80. The molecule has 2 aromatic rings. The summed E-state index contributed by atoms with van der Waals surface area (Å²) in [6.07, 6.45) is -0.628. The first-order chi connectivity index (χ1) is 16.0. The van der Waals surface area contributed by atoms with Crippen LogP contribution in [0.4, 0.5) is 10.5 Å². The summed E-state index contributed by atoms with van der Waals surface area (Å²) < 4.78 is 12.0. The summed E-state index contributed by atoms with van der Waals surface area (Å²) in [7, 11) is -0.410. The Labute approximate surface area is 205 Å². The number of hydrogen-bond acceptors (Lipinski definition) is 4. The van der Waals surface area contributed by atoms with Crippen LogP contribution in [0.15, 0.2) is 54.6 Å². The first-order valence-corrected chi connectivity index (χ1v) is 14.2. The fraction of sp³-hybridized carbons (Fsp3) is 0.481. The van der Waals surface area contributed by atoms with Gasteiger partial charge in [-0.25, -0.2) is 4.79 Å². The standard InChI is InChI=1S/C27H40N2O4Si/c1-19(2)34(20(3)4,21(5)6)33-25-16-12-15-24(17-25)29(8)26(30)22(7)28-27(31)32-18-23-13-10-9-11-14-23/h9-17,19-22H,18H2,1-8H3,(H,28,31)/t22-/m1/s1. The van der Waals surface area contributed by atoms with Crippen LogP contribution in [0.2, 0.25) is 16.6 Å². The van der Waals surface area contributed by atoms with Crippen molar-refractivity contribution in [3.63, 3.8) is 0 Å². The molecule has 0 saturated carbocycles. The molecule has 6 nitrogen and oxygen atoms in total. The van der Waals surface area contributed by atoms with Crippen molar-refractivity contribution in [1.82, 2.24) is 5.32 Å². The number of likely N-dealkylation sites (N-methyl/N-ethyl adjacent to an activating group) is 1. The number of amides is 2. The number of benzene rings is 2. The molecule has 0 aromatic heterocycles. The van der Waals surface area contributed by atoms with Gasteiger partial charge in [-0.2, -0.15) is 0 Å². The van der Waals surface area contributed by atoms with E-state index in [2.05, 4.69) is 46.9 Å². The lowest BCUT2D eigenvalue weighted by atomic mass is 10.2. The van der Waals surface area contributed by atoms with E-state index in [4.69, 9.17) is 9.16 Å². The maximum absolute atomic E-state index is 13.0. The second kappa shape index (κ2) is 12.1. The predicted molar refractivity (Wildman–Crippen MR) is 141 cm³/mol. The van der Waals surface area contributed by atoms with E-state index in [0.29, 0.717) is 22.3 Å². The first-order valence-electron chi connectivity index (χ1n) is 12.0. The zero-order valence-corrected chi connectivity index (χ0v) is 22.8. The van der Waals surface area contributed by atoms with Crippen molar-refractivity contribution in [1.29, 1.82) is 0 Å². The van der Waals surface area contributed by atoms with Gasteiger partial charge in [0.25, 0.3) is 8.32 Å². The van der Waals surface area contributed by atoms with Gasteiger partial charge >= 0.3 is 6.09 Å². The third kappa shape index (κ3) is 6.62. The first kappa shape index (κ1) is 27.4. The molecular formula is C27H40N2O4Si. The maximum Gasteiger partial charge on any atom is 0.408 e. The van der Waals surface area contributed by atoms with Gasteiger partial charge in [0.2, 0.25) is 5.91 Å². The van der Waals surface area contributed by atoms with E-state index in [-0.39, 0.29) is 12.5 Å². The average Bonchev–Trinajstić information content (AvgIpc) is 2.80. The van der Waals surface area contributed by atoms with Crippen molar-refractivity contribution < 1.29 is 18.8 Å². The van der Waals surface area contributed by atoms with Crippen molar-refractivity contribution >= 4 is 26.0 Å². The van der Waals surface area contributed by atoms with Crippen LogP contribution < -0.4 is 14.6 Å². The normalized spacial score (nSPS) is 12.6. The SMILES string of the molecule is CC(C)[Si](Oc1cccc(N(C)C(=O)[C@@H](C)NC(=O)OCc2ccccc2)c1)(C(C)C)C(C)C. The van der Waals surface area contributed by atoms with Crippen molar-refractivity contribution in [3.8, 4) is 5.75 Å². The van der Waals surface area contributed by atoms with Gasteiger partial charge in [0.05, 0.1) is 0 Å². The van der Waals surface area contributed by atoms with Crippen molar-refractivity contribution in [3.05, 3.63) is 60.2 Å². The molecule has 0 heterocycles. The highest BCUT2D eigenvalue weighted by Crippen LogP contribution is 2.43. The highest BCUT2D eigenvalue weighted by molar-refractivity contribution is 6.78. The molecule has 0 saturated heterocycles. The Balaban J connectivity index is 2.07. The monoisotopic (exact) mass is 484 g/mol. The molecule has 1 N–H and O–H groups in total. The molecule has 0 radical (unpaired) electrons. The molecule has 0 aliphatic heterocycles. The Morgan fingerprint density at radius 3 is 2.03 bits per heavy atom. The molecule has 0 fully saturated rings. The summed E-state index contributed by atoms with van der Waals surface area (Å²) in [4.78, 5) is 26.7. The van der Waals surface area contributed by atoms with E-state index in [0.717, 1.165) is 11.3 Å². The molecule has 0 bridgehead atoms. The number of carbonyl (C=O) groups excluding carboxylic acids is 2. The lowest BCUT2D eigenvalue weighted by Gasteiger charge is -2.42. The zero-order valence-electron chi connectivity index (χ0n) is 21.8. The number of alkyl carbamates (subject to hydrolysis) is 1. The molecule has 2 rings (SSSR count). The fourth-order valence-corrected chi connectivity index (χ4v) is 9.98. The Morgan fingerprint density at radius 2 is 1.47 bits per heavy atom. The summed E-state index contributed by atoms with van der Waals surface area (Å²) >= 11 is 0. The van der Waals surface area contributed by atoms with E-state index >= 15 is 0 Å². The number of nitrogens with one attached hydrogen (secondary N) is 1. The van der Waals surface area contributed by atoms with E-state index in [1.165, 1.54) is 0 Å². The molecule has 2 amide bonds. The van der Waals surface area contributed by atoms with Crippen LogP contribution in [0.1, 0.15) is 54.0 Å². The highest BCUT2D eigenvalue weighted by Gasteiger charge is 2.47. The van der Waals surface area contributed by atoms with Gasteiger partial charge in [0, 0.05) is 18.8 Å². The second-order valence-electron chi connectivity index (χ2n) is 9.74. The zero-order chi connectivity index (χ0) is 25.5. The van der Waals surface area contributed by atoms with E-state index in [1.54, 1.807) is 18.9 Å². The second-order valence-corrected chi connectivity index (χ2v) is 15.1. The quantitative estimate of drug-likeness (QED) is 0.390. The number of anilines is 1. The molecule has 0 aliphatic rings. The van der Waals surface area contributed by atoms with Gasteiger partial charge < -0.3 is 19.4 Å². The van der Waals surface area contributed by atoms with Crippen LogP contribution in [0.25, 0.3) is 0 Å². The third-order valence-corrected chi connectivity index (χ3v) is 12.5. The highest BCUT2D eigenvalue weighted by atomic mass is 28.4. The minimum Gasteiger partial charge on any atom is -0.543 e. The minimum absolute atomic E-state index is 0.149. The average molecular weight is 485 g/mol. The molecule has 2 aromatic carbocycles. The molecule has 7 heteroatoms. The summed E-state index contributed by atoms with van der Waals surface area (Å²) in [5.74, 6) is 0.539. The van der Waals surface area contributed by atoms with Crippen LogP contribution in [0.5, 0.6) is 5.75 Å². The van der Waals surface area contributed by atoms with Gasteiger partial charge in [-0.05, 0) is 41.2 Å². The molecule has 0 spiro atoms. The van der Waals surface area contributed by atoms with Gasteiger partial charge in [0.1, 0.15) is 18.4 Å². The lowest BCUT2D eigenvalue weighted by Crippen LogP contribution is -2.50. The largest absolute Gasteiger partial charge is 0.543 e. The summed E-state index contributed by atoms with van der Waals surface area (Å²) in [6.45, 7) is 15.3. The van der Waals surface area contributed by atoms with Gasteiger partial charge in [-0.1, -0.05) is 77.9 Å². The summed E-state index contributed by atoms with van der Waals surface area (Å²) in [5, 5.41) is 2.62. The van der Waals surface area contributed by atoms with Crippen LogP contribution in [0, 0.1) is 0 Å². The Kier molecular flexibility index (Phi) is 9.74. The number of carbonyl (C=O) groups is 2. The number of rotatable bonds is 10. The molecular weight excluding hydrogens is 444 g/mol. The van der Waals surface area contributed by atoms with Gasteiger partial charge in [-0.3, -0.25) is 4.79 Å². The molecule has 0 unspecified atom stereocenters. The van der Waals surface area contributed by atoms with E-state index in [9.17, 15) is 9.59 Å². The van der Waals surface area contributed by atoms with E-state index < -0.39 is 20.5 Å².